The molecular formula is C26H25FN4O5. The Hall–Kier alpha value is -4.34. The number of imidazole rings is 1. The number of piperidine rings is 1. The van der Waals surface area contributed by atoms with E-state index in [4.69, 9.17) is 14.2 Å². The maximum absolute atomic E-state index is 14.5. The number of nitrogens with zero attached hydrogens (tertiary/aromatic N) is 4. The molecule has 0 saturated carbocycles. The van der Waals surface area contributed by atoms with Crippen molar-refractivity contribution < 1.29 is 23.4 Å². The lowest BCUT2D eigenvalue weighted by molar-refractivity contribution is -0.119. The Kier molecular flexibility index (Phi) is 6.32. The largest absolute Gasteiger partial charge is 0.494 e. The molecule has 186 valence electrons. The van der Waals surface area contributed by atoms with Crippen molar-refractivity contribution in [2.24, 2.45) is 0 Å². The first-order valence-electron chi connectivity index (χ1n) is 11.5. The topological polar surface area (TPSA) is 87.8 Å². The van der Waals surface area contributed by atoms with Gasteiger partial charge >= 0.3 is 5.69 Å². The SMILES string of the molecule is COc1cccc(Oc2ccc(-n3c(=O)n(C4CCCN(C=O)C4)c4c(OC)cncc43)cc2)c1F. The molecule has 10 heteroatoms. The van der Waals surface area contributed by atoms with E-state index in [2.05, 4.69) is 4.98 Å². The average molecular weight is 493 g/mol. The lowest BCUT2D eigenvalue weighted by atomic mass is 10.1. The number of aromatic nitrogens is 3. The molecule has 36 heavy (non-hydrogen) atoms. The molecule has 1 aliphatic heterocycles. The van der Waals surface area contributed by atoms with Crippen LogP contribution in [-0.4, -0.2) is 52.7 Å². The van der Waals surface area contributed by atoms with Gasteiger partial charge in [0.2, 0.25) is 12.2 Å². The van der Waals surface area contributed by atoms with Gasteiger partial charge in [0.25, 0.3) is 0 Å². The highest BCUT2D eigenvalue weighted by molar-refractivity contribution is 5.83. The van der Waals surface area contributed by atoms with Gasteiger partial charge in [-0.25, -0.2) is 4.79 Å². The summed E-state index contributed by atoms with van der Waals surface area (Å²) >= 11 is 0. The monoisotopic (exact) mass is 492 g/mol. The van der Waals surface area contributed by atoms with Crippen LogP contribution in [0.4, 0.5) is 4.39 Å². The number of rotatable bonds is 7. The number of amides is 1. The molecule has 1 atom stereocenters. The van der Waals surface area contributed by atoms with Gasteiger partial charge in [0.05, 0.1) is 43.9 Å². The number of halogens is 1. The molecule has 1 amide bonds. The van der Waals surface area contributed by atoms with E-state index in [0.29, 0.717) is 41.3 Å². The molecular weight excluding hydrogens is 467 g/mol. The van der Waals surface area contributed by atoms with Crippen molar-refractivity contribution in [3.63, 3.8) is 0 Å². The van der Waals surface area contributed by atoms with Crippen molar-refractivity contribution in [1.29, 1.82) is 0 Å². The van der Waals surface area contributed by atoms with Crippen LogP contribution in [0.15, 0.2) is 59.7 Å². The molecule has 3 heterocycles. The molecule has 1 fully saturated rings. The van der Waals surface area contributed by atoms with Gasteiger partial charge in [0, 0.05) is 13.1 Å². The molecule has 1 unspecified atom stereocenters. The quantitative estimate of drug-likeness (QED) is 0.364. The summed E-state index contributed by atoms with van der Waals surface area (Å²) < 4.78 is 34.0. The number of hydrogen-bond donors (Lipinski definition) is 0. The van der Waals surface area contributed by atoms with Crippen LogP contribution in [0.3, 0.4) is 0 Å². The highest BCUT2D eigenvalue weighted by Crippen LogP contribution is 2.33. The fourth-order valence-corrected chi connectivity index (χ4v) is 4.68. The van der Waals surface area contributed by atoms with Gasteiger partial charge in [-0.15, -0.1) is 0 Å². The van der Waals surface area contributed by atoms with E-state index in [1.165, 1.54) is 26.4 Å². The standard InChI is InChI=1S/C26H25FN4O5/c1-34-21-6-3-7-22(24(21)27)36-19-10-8-17(9-11-19)30-20-13-28-14-23(35-2)25(20)31(26(30)33)18-5-4-12-29(15-18)16-32/h3,6-11,13-14,16,18H,4-5,12,15H2,1-2H3. The van der Waals surface area contributed by atoms with Crippen LogP contribution >= 0.6 is 0 Å². The normalized spacial score (nSPS) is 15.6. The first kappa shape index (κ1) is 23.4. The van der Waals surface area contributed by atoms with Crippen molar-refractivity contribution in [2.45, 2.75) is 18.9 Å². The summed E-state index contributed by atoms with van der Waals surface area (Å²) in [5.74, 6) is 0.383. The fourth-order valence-electron chi connectivity index (χ4n) is 4.68. The zero-order chi connectivity index (χ0) is 25.2. The highest BCUT2D eigenvalue weighted by atomic mass is 19.1. The van der Waals surface area contributed by atoms with E-state index in [1.807, 2.05) is 0 Å². The summed E-state index contributed by atoms with van der Waals surface area (Å²) in [6.45, 7) is 1.11. The lowest BCUT2D eigenvalue weighted by Gasteiger charge is -2.30. The maximum Gasteiger partial charge on any atom is 0.334 e. The zero-order valence-electron chi connectivity index (χ0n) is 19.9. The number of methoxy groups -OCH3 is 2. The van der Waals surface area contributed by atoms with Crippen LogP contribution in [0.5, 0.6) is 23.0 Å². The van der Waals surface area contributed by atoms with Crippen molar-refractivity contribution >= 4 is 17.4 Å². The minimum absolute atomic E-state index is 0.0295. The Bertz CT molecular complexity index is 1460. The smallest absolute Gasteiger partial charge is 0.334 e. The molecule has 0 N–H and O–H groups in total. The van der Waals surface area contributed by atoms with Crippen molar-refractivity contribution in [3.05, 3.63) is 71.2 Å². The number of carbonyl (C=O) groups is 1. The molecule has 1 saturated heterocycles. The van der Waals surface area contributed by atoms with E-state index in [0.717, 1.165) is 19.3 Å². The van der Waals surface area contributed by atoms with Crippen LogP contribution in [0.25, 0.3) is 16.7 Å². The molecule has 1 aliphatic rings. The first-order chi connectivity index (χ1) is 17.5. The second-order valence-corrected chi connectivity index (χ2v) is 8.46. The van der Waals surface area contributed by atoms with Gasteiger partial charge in [0.1, 0.15) is 11.3 Å². The number of fused-ring (bicyclic) bond motifs is 1. The molecule has 4 aromatic rings. The highest BCUT2D eigenvalue weighted by Gasteiger charge is 2.28. The van der Waals surface area contributed by atoms with Crippen molar-refractivity contribution in [1.82, 2.24) is 19.0 Å². The maximum atomic E-state index is 14.5. The Morgan fingerprint density at radius 3 is 2.50 bits per heavy atom. The molecule has 9 nitrogen and oxygen atoms in total. The Labute approximate surface area is 206 Å². The minimum atomic E-state index is -0.599. The van der Waals surface area contributed by atoms with Gasteiger partial charge in [-0.2, -0.15) is 4.39 Å². The summed E-state index contributed by atoms with van der Waals surface area (Å²) in [6.07, 6.45) is 5.56. The predicted molar refractivity (Wildman–Crippen MR) is 131 cm³/mol. The zero-order valence-corrected chi connectivity index (χ0v) is 19.9. The third kappa shape index (κ3) is 4.04. The summed E-state index contributed by atoms with van der Waals surface area (Å²) in [5, 5.41) is 0. The molecule has 5 rings (SSSR count). The van der Waals surface area contributed by atoms with Crippen LogP contribution in [0.2, 0.25) is 0 Å². The van der Waals surface area contributed by atoms with Crippen LogP contribution < -0.4 is 19.9 Å². The second kappa shape index (κ2) is 9.73. The van der Waals surface area contributed by atoms with E-state index >= 15 is 0 Å². The van der Waals surface area contributed by atoms with Crippen molar-refractivity contribution in [2.75, 3.05) is 27.3 Å². The number of ether oxygens (including phenoxy) is 3. The summed E-state index contributed by atoms with van der Waals surface area (Å²) in [7, 11) is 2.92. The number of hydrogen-bond acceptors (Lipinski definition) is 6. The molecule has 0 spiro atoms. The number of carbonyl (C=O) groups excluding carboxylic acids is 1. The third-order valence-electron chi connectivity index (χ3n) is 6.38. The summed E-state index contributed by atoms with van der Waals surface area (Å²) in [5.41, 5.74) is 1.52. The predicted octanol–water partition coefficient (Wildman–Crippen LogP) is 3.93. The van der Waals surface area contributed by atoms with E-state index in [9.17, 15) is 14.0 Å². The van der Waals surface area contributed by atoms with Crippen LogP contribution in [0, 0.1) is 5.82 Å². The molecule has 2 aromatic carbocycles. The van der Waals surface area contributed by atoms with Gasteiger partial charge in [-0.1, -0.05) is 6.07 Å². The van der Waals surface area contributed by atoms with E-state index < -0.39 is 5.82 Å². The number of benzene rings is 2. The number of likely N-dealkylation sites (tertiary alicyclic amines) is 1. The van der Waals surface area contributed by atoms with E-state index in [1.54, 1.807) is 56.8 Å². The van der Waals surface area contributed by atoms with Crippen LogP contribution in [-0.2, 0) is 4.79 Å². The van der Waals surface area contributed by atoms with Gasteiger partial charge in [-0.3, -0.25) is 18.9 Å². The second-order valence-electron chi connectivity index (χ2n) is 8.46. The first-order valence-corrected chi connectivity index (χ1v) is 11.5. The van der Waals surface area contributed by atoms with Crippen molar-refractivity contribution in [3.8, 4) is 28.7 Å². The molecule has 0 aliphatic carbocycles. The summed E-state index contributed by atoms with van der Waals surface area (Å²) in [6, 6.07) is 11.2. The Balaban J connectivity index is 1.56. The van der Waals surface area contributed by atoms with Gasteiger partial charge < -0.3 is 19.1 Å². The minimum Gasteiger partial charge on any atom is -0.494 e. The van der Waals surface area contributed by atoms with Gasteiger partial charge in [0.15, 0.2) is 17.2 Å². The fraction of sp³-hybridized carbons (Fsp3) is 0.269. The van der Waals surface area contributed by atoms with Gasteiger partial charge in [-0.05, 0) is 49.2 Å². The Morgan fingerprint density at radius 2 is 1.78 bits per heavy atom. The Morgan fingerprint density at radius 1 is 1.03 bits per heavy atom. The van der Waals surface area contributed by atoms with Crippen LogP contribution in [0.1, 0.15) is 18.9 Å². The third-order valence-corrected chi connectivity index (χ3v) is 6.38. The average Bonchev–Trinajstić information content (AvgIpc) is 3.22. The molecule has 0 radical (unpaired) electrons. The summed E-state index contributed by atoms with van der Waals surface area (Å²) in [4.78, 5) is 31.1. The number of pyridine rings is 1. The van der Waals surface area contributed by atoms with E-state index in [-0.39, 0.29) is 23.2 Å². The lowest BCUT2D eigenvalue weighted by Crippen LogP contribution is -2.39. The molecule has 0 bridgehead atoms. The molecule has 2 aromatic heterocycles.